The fourth-order valence-corrected chi connectivity index (χ4v) is 5.30. The maximum absolute atomic E-state index is 10.4. The summed E-state index contributed by atoms with van der Waals surface area (Å²) in [6.07, 6.45) is 6.39. The molecule has 1 aliphatic heterocycles. The zero-order valence-corrected chi connectivity index (χ0v) is 17.5. The van der Waals surface area contributed by atoms with E-state index in [1.165, 1.54) is 6.42 Å². The molecular formula is C24H29N5O. The number of fused-ring (bicyclic) bond motifs is 3. The number of aliphatic hydroxyl groups is 1. The number of nitrogens with zero attached hydrogens (tertiary/aromatic N) is 4. The van der Waals surface area contributed by atoms with Crippen molar-refractivity contribution in [3.05, 3.63) is 41.5 Å². The average molecular weight is 404 g/mol. The normalized spacial score (nSPS) is 23.6. The van der Waals surface area contributed by atoms with Crippen molar-refractivity contribution in [2.24, 2.45) is 0 Å². The monoisotopic (exact) mass is 403 g/mol. The SMILES string of the molecule is Cc1cc(NC2CCN(C3CCCCC3O)CC2)n2c(nc3ccccc32)c1C#N. The van der Waals surface area contributed by atoms with Gasteiger partial charge in [0, 0.05) is 25.2 Å². The summed E-state index contributed by atoms with van der Waals surface area (Å²) in [6, 6.07) is 13.2. The predicted octanol–water partition coefficient (Wildman–Crippen LogP) is 3.85. The molecule has 3 aromatic rings. The Labute approximate surface area is 177 Å². The third-order valence-corrected chi connectivity index (χ3v) is 6.93. The van der Waals surface area contributed by atoms with Gasteiger partial charge in [0.15, 0.2) is 5.65 Å². The van der Waals surface area contributed by atoms with Crippen LogP contribution in [0.3, 0.4) is 0 Å². The Morgan fingerprint density at radius 2 is 1.90 bits per heavy atom. The Kier molecular flexibility index (Phi) is 5.10. The van der Waals surface area contributed by atoms with E-state index in [-0.39, 0.29) is 6.10 Å². The minimum atomic E-state index is -0.165. The molecule has 5 rings (SSSR count). The minimum Gasteiger partial charge on any atom is -0.391 e. The number of nitriles is 1. The highest BCUT2D eigenvalue weighted by atomic mass is 16.3. The first-order chi connectivity index (χ1) is 14.7. The molecule has 0 radical (unpaired) electrons. The number of para-hydroxylation sites is 2. The van der Waals surface area contributed by atoms with Crippen LogP contribution in [0.15, 0.2) is 30.3 Å². The Bertz CT molecular complexity index is 1110. The number of nitrogens with one attached hydrogen (secondary N) is 1. The maximum Gasteiger partial charge on any atom is 0.157 e. The van der Waals surface area contributed by atoms with E-state index in [2.05, 4.69) is 32.8 Å². The van der Waals surface area contributed by atoms with E-state index in [0.717, 1.165) is 73.3 Å². The lowest BCUT2D eigenvalue weighted by Crippen LogP contribution is -2.50. The number of imidazole rings is 1. The third kappa shape index (κ3) is 3.32. The molecule has 1 aliphatic carbocycles. The van der Waals surface area contributed by atoms with E-state index in [1.807, 2.05) is 25.1 Å². The molecule has 1 saturated carbocycles. The summed E-state index contributed by atoms with van der Waals surface area (Å²) in [6.45, 7) is 4.01. The summed E-state index contributed by atoms with van der Waals surface area (Å²) in [4.78, 5) is 7.24. The van der Waals surface area contributed by atoms with Crippen molar-refractivity contribution in [2.45, 2.75) is 63.6 Å². The highest BCUT2D eigenvalue weighted by molar-refractivity contribution is 5.85. The lowest BCUT2D eigenvalue weighted by Gasteiger charge is -2.41. The van der Waals surface area contributed by atoms with Gasteiger partial charge < -0.3 is 10.4 Å². The molecule has 2 unspecified atom stereocenters. The van der Waals surface area contributed by atoms with Crippen LogP contribution in [-0.4, -0.2) is 50.7 Å². The number of hydrogen-bond acceptors (Lipinski definition) is 5. The van der Waals surface area contributed by atoms with Gasteiger partial charge in [-0.15, -0.1) is 0 Å². The molecule has 0 bridgehead atoms. The molecule has 6 heteroatoms. The summed E-state index contributed by atoms with van der Waals surface area (Å²) in [7, 11) is 0. The zero-order chi connectivity index (χ0) is 20.7. The van der Waals surface area contributed by atoms with Gasteiger partial charge in [0.1, 0.15) is 11.9 Å². The number of hydrogen-bond donors (Lipinski definition) is 2. The predicted molar refractivity (Wildman–Crippen MR) is 119 cm³/mol. The van der Waals surface area contributed by atoms with Crippen molar-refractivity contribution in [1.29, 1.82) is 5.26 Å². The van der Waals surface area contributed by atoms with Gasteiger partial charge in [-0.1, -0.05) is 25.0 Å². The molecule has 156 valence electrons. The van der Waals surface area contributed by atoms with Crippen LogP contribution in [0.25, 0.3) is 16.7 Å². The second kappa shape index (κ2) is 7.90. The summed E-state index contributed by atoms with van der Waals surface area (Å²) < 4.78 is 2.10. The quantitative estimate of drug-likeness (QED) is 0.695. The summed E-state index contributed by atoms with van der Waals surface area (Å²) in [5.74, 6) is 1.01. The highest BCUT2D eigenvalue weighted by Gasteiger charge is 2.31. The number of rotatable bonds is 3. The number of aromatic nitrogens is 2. The largest absolute Gasteiger partial charge is 0.391 e. The summed E-state index contributed by atoms with van der Waals surface area (Å²) >= 11 is 0. The van der Waals surface area contributed by atoms with Crippen molar-refractivity contribution in [3.63, 3.8) is 0 Å². The molecule has 2 fully saturated rings. The Balaban J connectivity index is 1.40. The molecule has 2 atom stereocenters. The van der Waals surface area contributed by atoms with E-state index in [4.69, 9.17) is 4.98 Å². The standard InChI is InChI=1S/C24H29N5O/c1-16-14-23(29-20-7-3-2-6-19(20)27-24(29)18(16)15-25)26-17-10-12-28(13-11-17)21-8-4-5-9-22(21)30/h2-3,6-7,14,17,21-22,26,30H,4-5,8-13H2,1H3. The fraction of sp³-hybridized carbons (Fsp3) is 0.500. The van der Waals surface area contributed by atoms with Crippen molar-refractivity contribution in [2.75, 3.05) is 18.4 Å². The second-order valence-corrected chi connectivity index (χ2v) is 8.83. The number of aryl methyl sites for hydroxylation is 1. The molecule has 3 heterocycles. The van der Waals surface area contributed by atoms with Crippen LogP contribution in [-0.2, 0) is 0 Å². The number of benzene rings is 1. The molecule has 2 aliphatic rings. The van der Waals surface area contributed by atoms with Gasteiger partial charge in [-0.2, -0.15) is 5.26 Å². The molecular weight excluding hydrogens is 374 g/mol. The first-order valence-electron chi connectivity index (χ1n) is 11.2. The van der Waals surface area contributed by atoms with Gasteiger partial charge in [0.05, 0.1) is 22.7 Å². The van der Waals surface area contributed by atoms with E-state index < -0.39 is 0 Å². The smallest absolute Gasteiger partial charge is 0.157 e. The molecule has 6 nitrogen and oxygen atoms in total. The van der Waals surface area contributed by atoms with Crippen molar-refractivity contribution < 1.29 is 5.11 Å². The van der Waals surface area contributed by atoms with E-state index in [1.54, 1.807) is 0 Å². The molecule has 1 saturated heterocycles. The van der Waals surface area contributed by atoms with E-state index in [9.17, 15) is 10.4 Å². The first-order valence-corrected chi connectivity index (χ1v) is 11.2. The van der Waals surface area contributed by atoms with Gasteiger partial charge in [-0.05, 0) is 56.4 Å². The lowest BCUT2D eigenvalue weighted by atomic mass is 9.89. The zero-order valence-electron chi connectivity index (χ0n) is 17.5. The summed E-state index contributed by atoms with van der Waals surface area (Å²) in [5, 5.41) is 23.8. The second-order valence-electron chi connectivity index (χ2n) is 8.83. The highest BCUT2D eigenvalue weighted by Crippen LogP contribution is 2.30. The Morgan fingerprint density at radius 3 is 2.67 bits per heavy atom. The minimum absolute atomic E-state index is 0.165. The van der Waals surface area contributed by atoms with Gasteiger partial charge in [-0.3, -0.25) is 9.30 Å². The van der Waals surface area contributed by atoms with Crippen LogP contribution < -0.4 is 5.32 Å². The maximum atomic E-state index is 10.4. The van der Waals surface area contributed by atoms with Gasteiger partial charge >= 0.3 is 0 Å². The lowest BCUT2D eigenvalue weighted by molar-refractivity contribution is 0.00992. The summed E-state index contributed by atoms with van der Waals surface area (Å²) in [5.41, 5.74) is 4.24. The third-order valence-electron chi connectivity index (χ3n) is 6.93. The fourth-order valence-electron chi connectivity index (χ4n) is 5.30. The molecule has 0 amide bonds. The van der Waals surface area contributed by atoms with Crippen molar-refractivity contribution in [1.82, 2.24) is 14.3 Å². The van der Waals surface area contributed by atoms with Crippen LogP contribution in [0.1, 0.15) is 49.7 Å². The van der Waals surface area contributed by atoms with Crippen LogP contribution in [0.2, 0.25) is 0 Å². The van der Waals surface area contributed by atoms with Gasteiger partial charge in [0.2, 0.25) is 0 Å². The van der Waals surface area contributed by atoms with Gasteiger partial charge in [-0.25, -0.2) is 4.98 Å². The molecule has 30 heavy (non-hydrogen) atoms. The number of anilines is 1. The van der Waals surface area contributed by atoms with E-state index >= 15 is 0 Å². The molecule has 1 aromatic carbocycles. The van der Waals surface area contributed by atoms with Crippen molar-refractivity contribution in [3.8, 4) is 6.07 Å². The van der Waals surface area contributed by atoms with Crippen molar-refractivity contribution >= 4 is 22.5 Å². The molecule has 0 spiro atoms. The van der Waals surface area contributed by atoms with Crippen LogP contribution in [0.4, 0.5) is 5.82 Å². The van der Waals surface area contributed by atoms with Crippen LogP contribution in [0.5, 0.6) is 0 Å². The van der Waals surface area contributed by atoms with Gasteiger partial charge in [0.25, 0.3) is 0 Å². The van der Waals surface area contributed by atoms with E-state index in [0.29, 0.717) is 17.6 Å². The van der Waals surface area contributed by atoms with Crippen LogP contribution >= 0.6 is 0 Å². The number of likely N-dealkylation sites (tertiary alicyclic amines) is 1. The Morgan fingerprint density at radius 1 is 1.13 bits per heavy atom. The molecule has 2 N–H and O–H groups in total. The number of piperidine rings is 1. The average Bonchev–Trinajstić information content (AvgIpc) is 3.14. The topological polar surface area (TPSA) is 76.6 Å². The molecule has 2 aromatic heterocycles. The number of pyridine rings is 1. The first kappa shape index (κ1) is 19.3. The Hall–Kier alpha value is -2.62. The van der Waals surface area contributed by atoms with Crippen LogP contribution in [0, 0.1) is 18.3 Å². The number of aliphatic hydroxyl groups excluding tert-OH is 1.